The largest absolute Gasteiger partial charge is 0.359 e. The third-order valence-electron chi connectivity index (χ3n) is 5.95. The zero-order valence-electron chi connectivity index (χ0n) is 16.7. The van der Waals surface area contributed by atoms with Crippen molar-refractivity contribution in [3.05, 3.63) is 53.4 Å². The van der Waals surface area contributed by atoms with Gasteiger partial charge in [-0.1, -0.05) is 41.9 Å². The van der Waals surface area contributed by atoms with Crippen LogP contribution in [0.2, 0.25) is 0 Å². The molecular formula is C22H30N4O2. The van der Waals surface area contributed by atoms with Crippen molar-refractivity contribution in [3.8, 4) is 0 Å². The molecule has 6 nitrogen and oxygen atoms in total. The molecule has 1 atom stereocenters. The third kappa shape index (κ3) is 4.62. The van der Waals surface area contributed by atoms with Crippen LogP contribution >= 0.6 is 0 Å². The predicted octanol–water partition coefficient (Wildman–Crippen LogP) is 2.66. The lowest BCUT2D eigenvalue weighted by molar-refractivity contribution is 0.0365. The van der Waals surface area contributed by atoms with E-state index in [1.165, 1.54) is 31.4 Å². The SMILES string of the molecule is CN(CCc1ccccc1)Cc1cc(C(=O)N2CCN3CCCC[C@H]3C2)no1. The summed E-state index contributed by atoms with van der Waals surface area (Å²) in [6.07, 6.45) is 4.74. The number of carbonyl (C=O) groups is 1. The Bertz CT molecular complexity index is 776. The number of fused-ring (bicyclic) bond motifs is 1. The second-order valence-corrected chi connectivity index (χ2v) is 8.09. The molecule has 0 saturated carbocycles. The summed E-state index contributed by atoms with van der Waals surface area (Å²) in [5.74, 6) is 0.752. The van der Waals surface area contributed by atoms with Crippen molar-refractivity contribution in [2.75, 3.05) is 39.8 Å². The Morgan fingerprint density at radius 2 is 2.07 bits per heavy atom. The van der Waals surface area contributed by atoms with Crippen LogP contribution in [0.1, 0.15) is 41.1 Å². The van der Waals surface area contributed by atoms with Gasteiger partial charge in [0.2, 0.25) is 0 Å². The number of hydrogen-bond acceptors (Lipinski definition) is 5. The number of piperazine rings is 1. The van der Waals surface area contributed by atoms with Gasteiger partial charge in [0.1, 0.15) is 0 Å². The monoisotopic (exact) mass is 382 g/mol. The first-order chi connectivity index (χ1) is 13.7. The summed E-state index contributed by atoms with van der Waals surface area (Å²) in [6, 6.07) is 12.8. The minimum absolute atomic E-state index is 0.00663. The van der Waals surface area contributed by atoms with Gasteiger partial charge in [0.15, 0.2) is 11.5 Å². The molecule has 0 radical (unpaired) electrons. The highest BCUT2D eigenvalue weighted by molar-refractivity contribution is 5.92. The van der Waals surface area contributed by atoms with Crippen LogP contribution < -0.4 is 0 Å². The van der Waals surface area contributed by atoms with Gasteiger partial charge in [-0.3, -0.25) is 14.6 Å². The van der Waals surface area contributed by atoms with Crippen LogP contribution in [0, 0.1) is 0 Å². The van der Waals surface area contributed by atoms with Crippen molar-refractivity contribution in [1.29, 1.82) is 0 Å². The van der Waals surface area contributed by atoms with Gasteiger partial charge in [0, 0.05) is 38.3 Å². The van der Waals surface area contributed by atoms with E-state index in [9.17, 15) is 4.79 Å². The molecule has 2 saturated heterocycles. The second kappa shape index (κ2) is 8.88. The van der Waals surface area contributed by atoms with Crippen LogP contribution in [0.5, 0.6) is 0 Å². The normalized spacial score (nSPS) is 20.4. The van der Waals surface area contributed by atoms with Crippen LogP contribution in [0.3, 0.4) is 0 Å². The third-order valence-corrected chi connectivity index (χ3v) is 5.95. The van der Waals surface area contributed by atoms with E-state index in [0.29, 0.717) is 18.3 Å². The van der Waals surface area contributed by atoms with Gasteiger partial charge in [-0.25, -0.2) is 0 Å². The summed E-state index contributed by atoms with van der Waals surface area (Å²) in [5, 5.41) is 4.06. The number of carbonyl (C=O) groups excluding carboxylic acids is 1. The number of hydrogen-bond donors (Lipinski definition) is 0. The van der Waals surface area contributed by atoms with E-state index in [2.05, 4.69) is 46.3 Å². The van der Waals surface area contributed by atoms with Crippen molar-refractivity contribution in [3.63, 3.8) is 0 Å². The summed E-state index contributed by atoms with van der Waals surface area (Å²) in [6.45, 7) is 5.34. The lowest BCUT2D eigenvalue weighted by Gasteiger charge is -2.43. The Morgan fingerprint density at radius 3 is 2.93 bits per heavy atom. The van der Waals surface area contributed by atoms with E-state index in [0.717, 1.165) is 38.4 Å². The average molecular weight is 383 g/mol. The molecule has 0 spiro atoms. The first-order valence-corrected chi connectivity index (χ1v) is 10.4. The fraction of sp³-hybridized carbons (Fsp3) is 0.545. The smallest absolute Gasteiger partial charge is 0.276 e. The predicted molar refractivity (Wildman–Crippen MR) is 108 cm³/mol. The van der Waals surface area contributed by atoms with Crippen LogP contribution in [0.4, 0.5) is 0 Å². The van der Waals surface area contributed by atoms with E-state index >= 15 is 0 Å². The van der Waals surface area contributed by atoms with Gasteiger partial charge in [0.25, 0.3) is 5.91 Å². The maximum atomic E-state index is 12.9. The Labute approximate surface area is 167 Å². The molecule has 0 N–H and O–H groups in total. The van der Waals surface area contributed by atoms with E-state index in [4.69, 9.17) is 4.52 Å². The molecule has 2 fully saturated rings. The van der Waals surface area contributed by atoms with Gasteiger partial charge < -0.3 is 9.42 Å². The van der Waals surface area contributed by atoms with Gasteiger partial charge in [-0.05, 0) is 38.4 Å². The van der Waals surface area contributed by atoms with Crippen molar-refractivity contribution in [1.82, 2.24) is 19.9 Å². The minimum Gasteiger partial charge on any atom is -0.359 e. The van der Waals surface area contributed by atoms with E-state index in [1.807, 2.05) is 17.0 Å². The number of likely N-dealkylation sites (N-methyl/N-ethyl adjacent to an activating group) is 1. The van der Waals surface area contributed by atoms with Crippen LogP contribution in [-0.2, 0) is 13.0 Å². The summed E-state index contributed by atoms with van der Waals surface area (Å²) in [7, 11) is 2.06. The highest BCUT2D eigenvalue weighted by Crippen LogP contribution is 2.22. The van der Waals surface area contributed by atoms with E-state index < -0.39 is 0 Å². The summed E-state index contributed by atoms with van der Waals surface area (Å²) in [5.41, 5.74) is 1.76. The van der Waals surface area contributed by atoms with Gasteiger partial charge >= 0.3 is 0 Å². The Morgan fingerprint density at radius 1 is 1.21 bits per heavy atom. The maximum Gasteiger partial charge on any atom is 0.276 e. The molecule has 0 bridgehead atoms. The molecule has 2 aliphatic heterocycles. The van der Waals surface area contributed by atoms with Crippen molar-refractivity contribution in [2.45, 2.75) is 38.3 Å². The highest BCUT2D eigenvalue weighted by Gasteiger charge is 2.32. The summed E-state index contributed by atoms with van der Waals surface area (Å²) < 4.78 is 5.46. The number of rotatable bonds is 6. The standard InChI is InChI=1S/C22H30N4O2/c1-24(12-10-18-7-3-2-4-8-18)17-20-15-21(23-28-20)22(27)26-14-13-25-11-6-5-9-19(25)16-26/h2-4,7-8,15,19H,5-6,9-14,16-17H2,1H3/t19-/m0/s1. The number of amides is 1. The molecule has 6 heteroatoms. The van der Waals surface area contributed by atoms with Crippen molar-refractivity contribution in [2.24, 2.45) is 0 Å². The molecule has 28 heavy (non-hydrogen) atoms. The van der Waals surface area contributed by atoms with Crippen LogP contribution in [0.25, 0.3) is 0 Å². The molecule has 2 aromatic rings. The molecule has 1 amide bonds. The molecule has 2 aliphatic rings. The first kappa shape index (κ1) is 19.2. The molecule has 4 rings (SSSR count). The van der Waals surface area contributed by atoms with Crippen molar-refractivity contribution >= 4 is 5.91 Å². The fourth-order valence-electron chi connectivity index (χ4n) is 4.30. The highest BCUT2D eigenvalue weighted by atomic mass is 16.5. The number of benzene rings is 1. The Kier molecular flexibility index (Phi) is 6.07. The van der Waals surface area contributed by atoms with Crippen LogP contribution in [-0.4, -0.2) is 71.6 Å². The van der Waals surface area contributed by atoms with E-state index in [-0.39, 0.29) is 5.91 Å². The number of nitrogens with zero attached hydrogens (tertiary/aromatic N) is 4. The molecule has 1 aromatic carbocycles. The van der Waals surface area contributed by atoms with Crippen LogP contribution in [0.15, 0.2) is 40.9 Å². The maximum absolute atomic E-state index is 12.9. The fourth-order valence-corrected chi connectivity index (χ4v) is 4.30. The lowest BCUT2D eigenvalue weighted by atomic mass is 9.99. The summed E-state index contributed by atoms with van der Waals surface area (Å²) >= 11 is 0. The molecule has 0 aliphatic carbocycles. The lowest BCUT2D eigenvalue weighted by Crippen LogP contribution is -2.56. The minimum atomic E-state index is 0.00663. The zero-order valence-corrected chi connectivity index (χ0v) is 16.7. The molecule has 1 aromatic heterocycles. The Hall–Kier alpha value is -2.18. The number of piperidine rings is 1. The Balaban J connectivity index is 1.29. The quantitative estimate of drug-likeness (QED) is 0.769. The number of aromatic nitrogens is 1. The summed E-state index contributed by atoms with van der Waals surface area (Å²) in [4.78, 5) is 19.5. The molecule has 0 unspecified atom stereocenters. The van der Waals surface area contributed by atoms with E-state index in [1.54, 1.807) is 0 Å². The average Bonchev–Trinajstić information content (AvgIpc) is 3.20. The molecular weight excluding hydrogens is 352 g/mol. The van der Waals surface area contributed by atoms with Gasteiger partial charge in [-0.15, -0.1) is 0 Å². The second-order valence-electron chi connectivity index (χ2n) is 8.09. The first-order valence-electron chi connectivity index (χ1n) is 10.4. The molecule has 150 valence electrons. The van der Waals surface area contributed by atoms with Crippen molar-refractivity contribution < 1.29 is 9.32 Å². The van der Waals surface area contributed by atoms with Gasteiger partial charge in [-0.2, -0.15) is 0 Å². The van der Waals surface area contributed by atoms with Gasteiger partial charge in [0.05, 0.1) is 6.54 Å². The zero-order chi connectivity index (χ0) is 19.3. The topological polar surface area (TPSA) is 52.8 Å². The molecule has 3 heterocycles.